The van der Waals surface area contributed by atoms with E-state index in [1.54, 1.807) is 27.7 Å². The summed E-state index contributed by atoms with van der Waals surface area (Å²) in [5, 5.41) is 10.5. The second kappa shape index (κ2) is 7.24. The molecule has 5 rings (SSSR count). The molecule has 0 bridgehead atoms. The minimum Gasteiger partial charge on any atom is -0.272 e. The number of thioether (sulfide) groups is 1. The number of rotatable bonds is 3. The number of benzene rings is 1. The lowest BCUT2D eigenvalue weighted by Gasteiger charge is -2.33. The molecule has 0 fully saturated rings. The summed E-state index contributed by atoms with van der Waals surface area (Å²) >= 11 is 3.34. The van der Waals surface area contributed by atoms with Crippen molar-refractivity contribution in [1.82, 2.24) is 19.2 Å². The second-order valence-corrected chi connectivity index (χ2v) is 11.0. The van der Waals surface area contributed by atoms with Gasteiger partial charge in [0.05, 0.1) is 11.9 Å². The number of fused-ring (bicyclic) bond motifs is 5. The maximum Gasteiger partial charge on any atom is 0.264 e. The van der Waals surface area contributed by atoms with Crippen LogP contribution in [0.25, 0.3) is 16.0 Å². The molecule has 156 valence electrons. The van der Waals surface area contributed by atoms with Crippen molar-refractivity contribution in [3.8, 4) is 0 Å². The SMILES string of the molecule is CSc1nnc2n(Cc3ccccc3)c(=O)c3c4c(sc3n12)CC(C(C)(C)C)CC4. The van der Waals surface area contributed by atoms with Crippen molar-refractivity contribution in [1.29, 1.82) is 0 Å². The Kier molecular flexibility index (Phi) is 4.78. The van der Waals surface area contributed by atoms with E-state index in [1.165, 1.54) is 10.4 Å². The van der Waals surface area contributed by atoms with Crippen molar-refractivity contribution in [2.24, 2.45) is 11.3 Å². The zero-order valence-corrected chi connectivity index (χ0v) is 19.4. The predicted molar refractivity (Wildman–Crippen MR) is 125 cm³/mol. The highest BCUT2D eigenvalue weighted by Crippen LogP contribution is 2.43. The molecule has 1 aliphatic carbocycles. The highest BCUT2D eigenvalue weighted by Gasteiger charge is 2.32. The van der Waals surface area contributed by atoms with Crippen LogP contribution < -0.4 is 5.56 Å². The largest absolute Gasteiger partial charge is 0.272 e. The first-order valence-electron chi connectivity index (χ1n) is 10.4. The van der Waals surface area contributed by atoms with Gasteiger partial charge in [0.15, 0.2) is 5.16 Å². The Balaban J connectivity index is 1.77. The average Bonchev–Trinajstić information content (AvgIpc) is 3.32. The minimum atomic E-state index is 0.0631. The zero-order valence-electron chi connectivity index (χ0n) is 17.8. The number of aryl methyl sites for hydroxylation is 1. The normalized spacial score (nSPS) is 17.0. The molecular formula is C23H26N4OS2. The molecule has 0 N–H and O–H groups in total. The first-order chi connectivity index (χ1) is 14.4. The van der Waals surface area contributed by atoms with Gasteiger partial charge in [-0.3, -0.25) is 9.36 Å². The third kappa shape index (κ3) is 3.10. The first kappa shape index (κ1) is 19.8. The molecule has 3 heterocycles. The summed E-state index contributed by atoms with van der Waals surface area (Å²) in [6.07, 6.45) is 5.17. The van der Waals surface area contributed by atoms with E-state index in [9.17, 15) is 4.79 Å². The van der Waals surface area contributed by atoms with Crippen LogP contribution in [0.2, 0.25) is 0 Å². The van der Waals surface area contributed by atoms with Gasteiger partial charge >= 0.3 is 0 Å². The van der Waals surface area contributed by atoms with Crippen molar-refractivity contribution < 1.29 is 0 Å². The molecule has 1 unspecified atom stereocenters. The Bertz CT molecular complexity index is 1290. The molecule has 30 heavy (non-hydrogen) atoms. The quantitative estimate of drug-likeness (QED) is 0.421. The minimum absolute atomic E-state index is 0.0631. The van der Waals surface area contributed by atoms with Gasteiger partial charge in [-0.05, 0) is 48.0 Å². The van der Waals surface area contributed by atoms with Gasteiger partial charge in [-0.15, -0.1) is 21.5 Å². The molecule has 7 heteroatoms. The Hall–Kier alpha value is -2.12. The molecular weight excluding hydrogens is 412 g/mol. The molecule has 0 saturated carbocycles. The standard InChI is InChI=1S/C23H26N4OS2/c1-23(2,3)15-10-11-16-17(12-15)30-20-18(16)19(28)26(13-14-8-6-5-7-9-14)21-24-25-22(29-4)27(20)21/h5-9,15H,10-13H2,1-4H3. The molecule has 0 aliphatic heterocycles. The van der Waals surface area contributed by atoms with Gasteiger partial charge in [-0.2, -0.15) is 0 Å². The maximum atomic E-state index is 13.7. The lowest BCUT2D eigenvalue weighted by Crippen LogP contribution is -2.27. The fourth-order valence-electron chi connectivity index (χ4n) is 4.57. The highest BCUT2D eigenvalue weighted by atomic mass is 32.2. The third-order valence-electron chi connectivity index (χ3n) is 6.36. The van der Waals surface area contributed by atoms with Gasteiger partial charge in [0.2, 0.25) is 5.78 Å². The summed E-state index contributed by atoms with van der Waals surface area (Å²) in [6, 6.07) is 10.1. The lowest BCUT2D eigenvalue weighted by atomic mass is 9.72. The van der Waals surface area contributed by atoms with E-state index >= 15 is 0 Å². The van der Waals surface area contributed by atoms with E-state index in [2.05, 4.69) is 47.5 Å². The van der Waals surface area contributed by atoms with Crippen molar-refractivity contribution in [2.45, 2.75) is 51.7 Å². The van der Waals surface area contributed by atoms with Crippen LogP contribution in [0.15, 0.2) is 40.3 Å². The van der Waals surface area contributed by atoms with E-state index in [0.717, 1.165) is 40.2 Å². The van der Waals surface area contributed by atoms with Crippen LogP contribution in [0, 0.1) is 11.3 Å². The number of aromatic nitrogens is 4. The smallest absolute Gasteiger partial charge is 0.264 e. The third-order valence-corrected chi connectivity index (χ3v) is 8.23. The highest BCUT2D eigenvalue weighted by molar-refractivity contribution is 7.98. The zero-order chi connectivity index (χ0) is 21.0. The van der Waals surface area contributed by atoms with Crippen molar-refractivity contribution in [3.05, 3.63) is 56.7 Å². The Morgan fingerprint density at radius 3 is 2.67 bits per heavy atom. The van der Waals surface area contributed by atoms with Crippen molar-refractivity contribution in [2.75, 3.05) is 6.26 Å². The number of thiophene rings is 1. The summed E-state index contributed by atoms with van der Waals surface area (Å²) in [5.41, 5.74) is 2.68. The van der Waals surface area contributed by atoms with Crippen LogP contribution in [0.3, 0.4) is 0 Å². The number of hydrogen-bond acceptors (Lipinski definition) is 5. The molecule has 4 aromatic rings. The molecule has 1 atom stereocenters. The molecule has 0 radical (unpaired) electrons. The summed E-state index contributed by atoms with van der Waals surface area (Å²) in [7, 11) is 0. The second-order valence-electron chi connectivity index (χ2n) is 9.19. The topological polar surface area (TPSA) is 52.2 Å². The fraction of sp³-hybridized carbons (Fsp3) is 0.435. The molecule has 0 saturated heterocycles. The summed E-state index contributed by atoms with van der Waals surface area (Å²) in [4.78, 5) is 16.1. The van der Waals surface area contributed by atoms with Gasteiger partial charge in [-0.25, -0.2) is 4.40 Å². The van der Waals surface area contributed by atoms with Gasteiger partial charge in [0.1, 0.15) is 4.83 Å². The Morgan fingerprint density at radius 2 is 1.97 bits per heavy atom. The molecule has 5 nitrogen and oxygen atoms in total. The monoisotopic (exact) mass is 438 g/mol. The van der Waals surface area contributed by atoms with Gasteiger partial charge in [0, 0.05) is 4.88 Å². The fourth-order valence-corrected chi connectivity index (χ4v) is 6.52. The van der Waals surface area contributed by atoms with Crippen LogP contribution in [0.5, 0.6) is 0 Å². The average molecular weight is 439 g/mol. The van der Waals surface area contributed by atoms with Gasteiger partial charge in [0.25, 0.3) is 5.56 Å². The van der Waals surface area contributed by atoms with Gasteiger partial charge < -0.3 is 0 Å². The van der Waals surface area contributed by atoms with E-state index < -0.39 is 0 Å². The number of nitrogens with zero attached hydrogens (tertiary/aromatic N) is 4. The van der Waals surface area contributed by atoms with Crippen LogP contribution >= 0.6 is 23.1 Å². The number of hydrogen-bond donors (Lipinski definition) is 0. The molecule has 0 amide bonds. The summed E-state index contributed by atoms with van der Waals surface area (Å²) in [5.74, 6) is 1.27. The van der Waals surface area contributed by atoms with Gasteiger partial charge in [-0.1, -0.05) is 62.9 Å². The summed E-state index contributed by atoms with van der Waals surface area (Å²) < 4.78 is 3.90. The van der Waals surface area contributed by atoms with Crippen molar-refractivity contribution in [3.63, 3.8) is 0 Å². The lowest BCUT2D eigenvalue weighted by molar-refractivity contribution is 0.218. The van der Waals surface area contributed by atoms with Crippen LogP contribution in [-0.2, 0) is 19.4 Å². The predicted octanol–water partition coefficient (Wildman–Crippen LogP) is 5.03. The van der Waals surface area contributed by atoms with Crippen LogP contribution in [0.1, 0.15) is 43.2 Å². The Morgan fingerprint density at radius 1 is 1.20 bits per heavy atom. The molecule has 0 spiro atoms. The van der Waals surface area contributed by atoms with Crippen LogP contribution in [0.4, 0.5) is 0 Å². The van der Waals surface area contributed by atoms with E-state index in [0.29, 0.717) is 18.2 Å². The van der Waals surface area contributed by atoms with E-state index in [-0.39, 0.29) is 11.0 Å². The van der Waals surface area contributed by atoms with E-state index in [4.69, 9.17) is 0 Å². The molecule has 3 aromatic heterocycles. The van der Waals surface area contributed by atoms with E-state index in [1.807, 2.05) is 24.5 Å². The maximum absolute atomic E-state index is 13.7. The van der Waals surface area contributed by atoms with Crippen LogP contribution in [-0.4, -0.2) is 25.4 Å². The first-order valence-corrected chi connectivity index (χ1v) is 12.4. The molecule has 1 aromatic carbocycles. The Labute approximate surface area is 184 Å². The molecule has 1 aliphatic rings. The van der Waals surface area contributed by atoms with Crippen molar-refractivity contribution >= 4 is 39.1 Å². The summed E-state index contributed by atoms with van der Waals surface area (Å²) in [6.45, 7) is 7.48.